The molecule has 0 amide bonds. The van der Waals surface area contributed by atoms with Gasteiger partial charge in [-0.15, -0.1) is 0 Å². The molecule has 15 heavy (non-hydrogen) atoms. The van der Waals surface area contributed by atoms with Gasteiger partial charge in [0.2, 0.25) is 5.24 Å². The molecule has 0 fully saturated rings. The van der Waals surface area contributed by atoms with E-state index in [4.69, 9.17) is 11.6 Å². The van der Waals surface area contributed by atoms with Crippen LogP contribution in [0.5, 0.6) is 0 Å². The van der Waals surface area contributed by atoms with Gasteiger partial charge in [0.15, 0.2) is 5.41 Å². The first-order valence-electron chi connectivity index (χ1n) is 4.12. The van der Waals surface area contributed by atoms with E-state index in [-0.39, 0.29) is 5.56 Å². The molecule has 1 nitrogen and oxygen atoms in total. The lowest BCUT2D eigenvalue weighted by atomic mass is 9.83. The van der Waals surface area contributed by atoms with E-state index >= 15 is 0 Å². The molecule has 0 heterocycles. The van der Waals surface area contributed by atoms with Crippen LogP contribution >= 0.6 is 11.6 Å². The second kappa shape index (κ2) is 3.85. The highest BCUT2D eigenvalue weighted by Crippen LogP contribution is 2.42. The number of carbonyl (C=O) groups is 1. The van der Waals surface area contributed by atoms with Crippen molar-refractivity contribution >= 4 is 16.8 Å². The van der Waals surface area contributed by atoms with Crippen LogP contribution in [0.3, 0.4) is 0 Å². The van der Waals surface area contributed by atoms with Crippen molar-refractivity contribution in [2.45, 2.75) is 18.5 Å². The van der Waals surface area contributed by atoms with Crippen LogP contribution < -0.4 is 0 Å². The Balaban J connectivity index is 3.32. The molecule has 0 radical (unpaired) electrons. The number of alkyl halides is 3. The molecule has 0 aliphatic heterocycles. The van der Waals surface area contributed by atoms with Gasteiger partial charge in [0, 0.05) is 0 Å². The largest absolute Gasteiger partial charge is 0.406 e. The molecule has 1 atom stereocenters. The fourth-order valence-corrected chi connectivity index (χ4v) is 1.38. The van der Waals surface area contributed by atoms with E-state index < -0.39 is 16.8 Å². The molecule has 82 valence electrons. The van der Waals surface area contributed by atoms with Gasteiger partial charge in [-0.05, 0) is 24.1 Å². The first-order chi connectivity index (χ1) is 6.80. The molecule has 1 aromatic carbocycles. The smallest absolute Gasteiger partial charge is 0.280 e. The molecular weight excluding hydrogens is 229 g/mol. The van der Waals surface area contributed by atoms with Crippen LogP contribution in [0.25, 0.3) is 0 Å². The zero-order valence-corrected chi connectivity index (χ0v) is 8.56. The van der Waals surface area contributed by atoms with E-state index in [2.05, 4.69) is 0 Å². The minimum Gasteiger partial charge on any atom is -0.280 e. The molecule has 1 unspecified atom stereocenters. The van der Waals surface area contributed by atoms with Crippen LogP contribution in [0.4, 0.5) is 13.2 Å². The second-order valence-corrected chi connectivity index (χ2v) is 3.61. The Morgan fingerprint density at radius 2 is 1.67 bits per heavy atom. The Bertz CT molecular complexity index is 361. The predicted molar refractivity (Wildman–Crippen MR) is 50.7 cm³/mol. The molecule has 0 saturated heterocycles. The Hall–Kier alpha value is -1.03. The third kappa shape index (κ3) is 2.00. The summed E-state index contributed by atoms with van der Waals surface area (Å²) in [6.07, 6.45) is -4.70. The van der Waals surface area contributed by atoms with Gasteiger partial charge in [-0.1, -0.05) is 30.3 Å². The minimum atomic E-state index is -4.70. The Kier molecular flexibility index (Phi) is 3.09. The molecular formula is C10H8ClF3O. The Labute approximate surface area is 89.9 Å². The van der Waals surface area contributed by atoms with Crippen LogP contribution in [-0.4, -0.2) is 11.4 Å². The number of carbonyl (C=O) groups excluding carboxylic acids is 1. The molecule has 0 aliphatic rings. The van der Waals surface area contributed by atoms with Gasteiger partial charge in [-0.25, -0.2) is 0 Å². The van der Waals surface area contributed by atoms with Crippen LogP contribution in [0, 0.1) is 0 Å². The first-order valence-corrected chi connectivity index (χ1v) is 4.50. The summed E-state index contributed by atoms with van der Waals surface area (Å²) in [6, 6.07) is 6.89. The van der Waals surface area contributed by atoms with Gasteiger partial charge >= 0.3 is 6.18 Å². The van der Waals surface area contributed by atoms with Crippen molar-refractivity contribution in [2.24, 2.45) is 0 Å². The number of halogens is 4. The zero-order chi connectivity index (χ0) is 11.7. The zero-order valence-electron chi connectivity index (χ0n) is 7.81. The topological polar surface area (TPSA) is 17.1 Å². The minimum absolute atomic E-state index is 0.155. The normalized spacial score (nSPS) is 15.8. The van der Waals surface area contributed by atoms with Crippen molar-refractivity contribution in [3.05, 3.63) is 35.9 Å². The average molecular weight is 237 g/mol. The molecule has 0 aromatic heterocycles. The highest BCUT2D eigenvalue weighted by atomic mass is 35.5. The van der Waals surface area contributed by atoms with Crippen LogP contribution in [0.15, 0.2) is 30.3 Å². The summed E-state index contributed by atoms with van der Waals surface area (Å²) in [6.45, 7) is 0.775. The number of benzene rings is 1. The summed E-state index contributed by atoms with van der Waals surface area (Å²) in [5.74, 6) is 0. The van der Waals surface area contributed by atoms with Crippen molar-refractivity contribution in [2.75, 3.05) is 0 Å². The number of hydrogen-bond donors (Lipinski definition) is 0. The summed E-state index contributed by atoms with van der Waals surface area (Å²) >= 11 is 5.05. The number of hydrogen-bond acceptors (Lipinski definition) is 1. The quantitative estimate of drug-likeness (QED) is 0.721. The van der Waals surface area contributed by atoms with Gasteiger partial charge in [0.05, 0.1) is 0 Å². The Morgan fingerprint density at radius 1 is 1.20 bits per heavy atom. The van der Waals surface area contributed by atoms with Gasteiger partial charge in [-0.3, -0.25) is 4.79 Å². The molecule has 0 spiro atoms. The van der Waals surface area contributed by atoms with Crippen molar-refractivity contribution < 1.29 is 18.0 Å². The molecule has 0 bridgehead atoms. The summed E-state index contributed by atoms with van der Waals surface area (Å²) < 4.78 is 38.2. The lowest BCUT2D eigenvalue weighted by Gasteiger charge is -2.28. The number of rotatable bonds is 2. The Morgan fingerprint density at radius 3 is 2.00 bits per heavy atom. The maximum atomic E-state index is 12.7. The van der Waals surface area contributed by atoms with Crippen LogP contribution in [0.1, 0.15) is 12.5 Å². The van der Waals surface area contributed by atoms with Crippen molar-refractivity contribution in [1.82, 2.24) is 0 Å². The highest BCUT2D eigenvalue weighted by molar-refractivity contribution is 6.65. The first kappa shape index (κ1) is 12.0. The van der Waals surface area contributed by atoms with Gasteiger partial charge in [-0.2, -0.15) is 13.2 Å². The van der Waals surface area contributed by atoms with E-state index in [0.29, 0.717) is 0 Å². The fourth-order valence-electron chi connectivity index (χ4n) is 1.16. The van der Waals surface area contributed by atoms with Crippen molar-refractivity contribution in [3.8, 4) is 0 Å². The van der Waals surface area contributed by atoms with Gasteiger partial charge < -0.3 is 0 Å². The third-order valence-electron chi connectivity index (χ3n) is 2.31. The summed E-state index contributed by atoms with van der Waals surface area (Å²) in [5, 5.41) is -1.43. The molecule has 0 saturated carbocycles. The molecule has 1 rings (SSSR count). The molecule has 0 aliphatic carbocycles. The maximum Gasteiger partial charge on any atom is 0.406 e. The third-order valence-corrected chi connectivity index (χ3v) is 2.69. The van der Waals surface area contributed by atoms with Crippen LogP contribution in [-0.2, 0) is 10.2 Å². The van der Waals surface area contributed by atoms with E-state index in [0.717, 1.165) is 6.92 Å². The molecule has 0 N–H and O–H groups in total. The van der Waals surface area contributed by atoms with Crippen LogP contribution in [0.2, 0.25) is 0 Å². The molecule has 5 heteroatoms. The van der Waals surface area contributed by atoms with E-state index in [1.54, 1.807) is 6.07 Å². The SMILES string of the molecule is CC(C(=O)Cl)(c1ccccc1)C(F)(F)F. The summed E-state index contributed by atoms with van der Waals surface area (Å²) in [5.41, 5.74) is -2.80. The van der Waals surface area contributed by atoms with E-state index in [1.165, 1.54) is 24.3 Å². The lowest BCUT2D eigenvalue weighted by molar-refractivity contribution is -0.185. The second-order valence-electron chi connectivity index (χ2n) is 3.26. The summed E-state index contributed by atoms with van der Waals surface area (Å²) in [7, 11) is 0. The van der Waals surface area contributed by atoms with Gasteiger partial charge in [0.1, 0.15) is 0 Å². The summed E-state index contributed by atoms with van der Waals surface area (Å²) in [4.78, 5) is 11.0. The fraction of sp³-hybridized carbons (Fsp3) is 0.300. The predicted octanol–water partition coefficient (Wildman–Crippen LogP) is 3.27. The van der Waals surface area contributed by atoms with Crippen molar-refractivity contribution in [1.29, 1.82) is 0 Å². The molecule has 1 aromatic rings. The maximum absolute atomic E-state index is 12.7. The highest BCUT2D eigenvalue weighted by Gasteiger charge is 2.57. The van der Waals surface area contributed by atoms with Crippen molar-refractivity contribution in [3.63, 3.8) is 0 Å². The monoisotopic (exact) mass is 236 g/mol. The van der Waals surface area contributed by atoms with Gasteiger partial charge in [0.25, 0.3) is 0 Å². The lowest BCUT2D eigenvalue weighted by Crippen LogP contribution is -2.44. The standard InChI is InChI=1S/C10H8ClF3O/c1-9(8(11)15,10(12,13)14)7-5-3-2-4-6-7/h2-6H,1H3. The average Bonchev–Trinajstić information content (AvgIpc) is 2.16. The van der Waals surface area contributed by atoms with E-state index in [9.17, 15) is 18.0 Å². The van der Waals surface area contributed by atoms with E-state index in [1.807, 2.05) is 0 Å².